The first-order chi connectivity index (χ1) is 14.0. The van der Waals surface area contributed by atoms with Crippen molar-refractivity contribution in [2.45, 2.75) is 33.6 Å². The van der Waals surface area contributed by atoms with Crippen molar-refractivity contribution in [2.75, 3.05) is 4.90 Å². The Morgan fingerprint density at radius 1 is 1.10 bits per heavy atom. The fourth-order valence-electron chi connectivity index (χ4n) is 3.52. The highest BCUT2D eigenvalue weighted by atomic mass is 35.5. The molecule has 0 amide bonds. The van der Waals surface area contributed by atoms with Crippen molar-refractivity contribution in [3.05, 3.63) is 96.4 Å². The second-order valence-electron chi connectivity index (χ2n) is 6.97. The monoisotopic (exact) mass is 402 g/mol. The molecule has 0 spiro atoms. The van der Waals surface area contributed by atoms with Crippen LogP contribution < -0.4 is 4.90 Å². The molecule has 3 rings (SSSR count). The Morgan fingerprint density at radius 2 is 1.83 bits per heavy atom. The van der Waals surface area contributed by atoms with E-state index >= 15 is 0 Å². The molecule has 2 aromatic carbocycles. The molecule has 0 fully saturated rings. The molecule has 1 heterocycles. The number of benzene rings is 2. The number of halogens is 1. The molecule has 0 bridgehead atoms. The van der Waals surface area contributed by atoms with Gasteiger partial charge in [0.25, 0.3) is 0 Å². The number of fused-ring (bicyclic) bond motifs is 1. The highest BCUT2D eigenvalue weighted by Gasteiger charge is 2.29. The molecular formula is C26H27ClN2. The summed E-state index contributed by atoms with van der Waals surface area (Å²) in [7, 11) is 0. The molecule has 3 heteroatoms. The standard InChI is InChI=1S/C26H27ClN2/c1-6-18(4)28-17-20(7-2)22-15-12-16-23-25(22)19(5)29(24(8-3)26(23)27)21-13-10-9-11-14-21/h7,9-17H,2,5-6,8H2,1,3-4H3/b20-17+,28-18+. The summed E-state index contributed by atoms with van der Waals surface area (Å²) in [6.45, 7) is 14.7. The average Bonchev–Trinajstić information content (AvgIpc) is 2.76. The van der Waals surface area contributed by atoms with Gasteiger partial charge in [-0.1, -0.05) is 81.1 Å². The topological polar surface area (TPSA) is 15.6 Å². The van der Waals surface area contributed by atoms with Crippen molar-refractivity contribution in [1.29, 1.82) is 0 Å². The molecule has 0 unspecified atom stereocenters. The van der Waals surface area contributed by atoms with Crippen LogP contribution in [-0.4, -0.2) is 5.71 Å². The number of nitrogens with zero attached hydrogens (tertiary/aromatic N) is 2. The molecule has 1 aliphatic heterocycles. The van der Waals surface area contributed by atoms with E-state index in [1.165, 1.54) is 0 Å². The van der Waals surface area contributed by atoms with E-state index in [2.05, 4.69) is 61.2 Å². The van der Waals surface area contributed by atoms with Crippen LogP contribution in [0.15, 0.2) is 84.7 Å². The highest BCUT2D eigenvalue weighted by Crippen LogP contribution is 2.45. The van der Waals surface area contributed by atoms with E-state index in [1.54, 1.807) is 0 Å². The Morgan fingerprint density at radius 3 is 2.45 bits per heavy atom. The van der Waals surface area contributed by atoms with Gasteiger partial charge >= 0.3 is 0 Å². The van der Waals surface area contributed by atoms with Gasteiger partial charge in [-0.2, -0.15) is 0 Å². The van der Waals surface area contributed by atoms with Gasteiger partial charge in [-0.05, 0) is 37.5 Å². The molecule has 0 N–H and O–H groups in total. The second-order valence-corrected chi connectivity index (χ2v) is 7.34. The van der Waals surface area contributed by atoms with Crippen LogP contribution >= 0.6 is 11.6 Å². The number of anilines is 1. The minimum absolute atomic E-state index is 0.761. The molecule has 148 valence electrons. The Labute approximate surface area is 179 Å². The first-order valence-electron chi connectivity index (χ1n) is 9.96. The zero-order valence-electron chi connectivity index (χ0n) is 17.4. The third-order valence-corrected chi connectivity index (χ3v) is 5.62. The van der Waals surface area contributed by atoms with Crippen LogP contribution in [0.1, 0.15) is 50.3 Å². The third-order valence-electron chi connectivity index (χ3n) is 5.20. The maximum absolute atomic E-state index is 6.92. The molecule has 1 aliphatic rings. The normalized spacial score (nSPS) is 14.9. The number of rotatable bonds is 6. The summed E-state index contributed by atoms with van der Waals surface area (Å²) < 4.78 is 0. The largest absolute Gasteiger partial charge is 0.313 e. The zero-order valence-corrected chi connectivity index (χ0v) is 18.1. The average molecular weight is 403 g/mol. The number of hydrogen-bond acceptors (Lipinski definition) is 2. The number of para-hydroxylation sites is 1. The smallest absolute Gasteiger partial charge is 0.0683 e. The molecule has 0 aromatic heterocycles. The first-order valence-corrected chi connectivity index (χ1v) is 10.3. The molecular weight excluding hydrogens is 376 g/mol. The van der Waals surface area contributed by atoms with E-state index in [9.17, 15) is 0 Å². The van der Waals surface area contributed by atoms with Crippen LogP contribution in [-0.2, 0) is 0 Å². The number of hydrogen-bond donors (Lipinski definition) is 0. The van der Waals surface area contributed by atoms with E-state index in [4.69, 9.17) is 11.6 Å². The summed E-state index contributed by atoms with van der Waals surface area (Å²) in [5.74, 6) is 0. The number of allylic oxidation sites excluding steroid dienone is 3. The Bertz CT molecular complexity index is 1030. The molecule has 2 nitrogen and oxygen atoms in total. The zero-order chi connectivity index (χ0) is 21.0. The van der Waals surface area contributed by atoms with Gasteiger partial charge in [0.15, 0.2) is 0 Å². The van der Waals surface area contributed by atoms with Crippen molar-refractivity contribution in [2.24, 2.45) is 4.99 Å². The predicted octanol–water partition coefficient (Wildman–Crippen LogP) is 7.89. The van der Waals surface area contributed by atoms with E-state index < -0.39 is 0 Å². The van der Waals surface area contributed by atoms with Crippen molar-refractivity contribution < 1.29 is 0 Å². The Kier molecular flexibility index (Phi) is 6.56. The summed E-state index contributed by atoms with van der Waals surface area (Å²) in [5, 5.41) is 0.761. The maximum atomic E-state index is 6.92. The van der Waals surface area contributed by atoms with Gasteiger partial charge in [0.05, 0.1) is 5.03 Å². The van der Waals surface area contributed by atoms with Gasteiger partial charge in [-0.25, -0.2) is 0 Å². The van der Waals surface area contributed by atoms with Crippen LogP contribution in [0.2, 0.25) is 0 Å². The van der Waals surface area contributed by atoms with Crippen LogP contribution in [0.25, 0.3) is 16.3 Å². The summed E-state index contributed by atoms with van der Waals surface area (Å²) in [4.78, 5) is 6.75. The van der Waals surface area contributed by atoms with Crippen molar-refractivity contribution in [3.8, 4) is 0 Å². The van der Waals surface area contributed by atoms with Crippen molar-refractivity contribution in [3.63, 3.8) is 0 Å². The minimum atomic E-state index is 0.761. The molecule has 29 heavy (non-hydrogen) atoms. The lowest BCUT2D eigenvalue weighted by Gasteiger charge is -2.36. The Balaban J connectivity index is 2.25. The molecule has 2 aromatic rings. The quantitative estimate of drug-likeness (QED) is 0.354. The van der Waals surface area contributed by atoms with E-state index in [0.29, 0.717) is 0 Å². The third kappa shape index (κ3) is 3.99. The lowest BCUT2D eigenvalue weighted by atomic mass is 9.89. The van der Waals surface area contributed by atoms with Crippen LogP contribution in [0.5, 0.6) is 0 Å². The lowest BCUT2D eigenvalue weighted by Crippen LogP contribution is -2.25. The van der Waals surface area contributed by atoms with E-state index in [1.807, 2.05) is 43.5 Å². The van der Waals surface area contributed by atoms with E-state index in [0.717, 1.165) is 62.9 Å². The van der Waals surface area contributed by atoms with Crippen LogP contribution in [0, 0.1) is 0 Å². The number of aliphatic imine (C=N–C) groups is 1. The Hall–Kier alpha value is -2.84. The van der Waals surface area contributed by atoms with Gasteiger partial charge in [0, 0.05) is 45.7 Å². The summed E-state index contributed by atoms with van der Waals surface area (Å²) in [6, 6.07) is 16.4. The molecule has 0 atom stereocenters. The van der Waals surface area contributed by atoms with Crippen LogP contribution in [0.3, 0.4) is 0 Å². The summed E-state index contributed by atoms with van der Waals surface area (Å²) >= 11 is 6.92. The predicted molar refractivity (Wildman–Crippen MR) is 129 cm³/mol. The second kappa shape index (κ2) is 9.11. The molecule has 0 radical (unpaired) electrons. The first kappa shape index (κ1) is 20.9. The highest BCUT2D eigenvalue weighted by molar-refractivity contribution is 6.50. The molecule has 0 saturated carbocycles. The van der Waals surface area contributed by atoms with Gasteiger partial charge < -0.3 is 4.90 Å². The van der Waals surface area contributed by atoms with Gasteiger partial charge in [0.2, 0.25) is 0 Å². The van der Waals surface area contributed by atoms with Gasteiger partial charge in [-0.3, -0.25) is 4.99 Å². The summed E-state index contributed by atoms with van der Waals surface area (Å²) in [6.07, 6.45) is 5.45. The van der Waals surface area contributed by atoms with E-state index in [-0.39, 0.29) is 0 Å². The molecule has 0 aliphatic carbocycles. The SMILES string of the molecule is C=C/C(=C\N=C(/C)CC)c1cccc2c1C(=C)N(c1ccccc1)C(CC)=C2Cl. The molecule has 0 saturated heterocycles. The van der Waals surface area contributed by atoms with Gasteiger partial charge in [0.1, 0.15) is 0 Å². The van der Waals surface area contributed by atoms with Crippen LogP contribution in [0.4, 0.5) is 5.69 Å². The minimum Gasteiger partial charge on any atom is -0.313 e. The maximum Gasteiger partial charge on any atom is 0.0683 e. The fourth-order valence-corrected chi connectivity index (χ4v) is 3.90. The van der Waals surface area contributed by atoms with Crippen molar-refractivity contribution in [1.82, 2.24) is 0 Å². The lowest BCUT2D eigenvalue weighted by molar-refractivity contribution is 1.02. The summed E-state index contributed by atoms with van der Waals surface area (Å²) in [5.41, 5.74) is 8.10. The van der Waals surface area contributed by atoms with Crippen molar-refractivity contribution >= 4 is 39.3 Å². The van der Waals surface area contributed by atoms with Gasteiger partial charge in [-0.15, -0.1) is 0 Å². The fraction of sp³-hybridized carbons (Fsp3) is 0.192.